The van der Waals surface area contributed by atoms with Gasteiger partial charge in [-0.25, -0.2) is 0 Å². The largest absolute Gasteiger partial charge is 0.464 e. The zero-order valence-corrected chi connectivity index (χ0v) is 10.3. The minimum absolute atomic E-state index is 0.197. The highest BCUT2D eigenvalue weighted by molar-refractivity contribution is 7.98. The molecule has 0 aromatic carbocycles. The number of aliphatic hydroxyl groups is 1. The summed E-state index contributed by atoms with van der Waals surface area (Å²) in [7, 11) is 0. The van der Waals surface area contributed by atoms with Gasteiger partial charge in [-0.1, -0.05) is 11.8 Å². The molecule has 0 atom stereocenters. The highest BCUT2D eigenvalue weighted by atomic mass is 32.2. The van der Waals surface area contributed by atoms with Gasteiger partial charge in [0.15, 0.2) is 0 Å². The Bertz CT molecular complexity index is 307. The van der Waals surface area contributed by atoms with Crippen LogP contribution in [-0.2, 0) is 12.3 Å². The second-order valence-corrected chi connectivity index (χ2v) is 4.53. The molecule has 1 aromatic heterocycles. The van der Waals surface area contributed by atoms with E-state index in [1.807, 2.05) is 0 Å². The van der Waals surface area contributed by atoms with Crippen molar-refractivity contribution in [2.75, 3.05) is 13.2 Å². The maximum absolute atomic E-state index is 11.9. The van der Waals surface area contributed by atoms with Crippen LogP contribution in [0.1, 0.15) is 24.4 Å². The van der Waals surface area contributed by atoms with Gasteiger partial charge in [-0.05, 0) is 31.5 Å². The van der Waals surface area contributed by atoms with Gasteiger partial charge in [0, 0.05) is 6.61 Å². The van der Waals surface area contributed by atoms with E-state index >= 15 is 0 Å². The molecule has 0 spiro atoms. The molecule has 6 heteroatoms. The van der Waals surface area contributed by atoms with Gasteiger partial charge in [0.25, 0.3) is 5.76 Å². The molecule has 1 heterocycles. The van der Waals surface area contributed by atoms with Gasteiger partial charge in [-0.3, -0.25) is 0 Å². The first-order valence-electron chi connectivity index (χ1n) is 5.51. The van der Waals surface area contributed by atoms with Gasteiger partial charge in [-0.2, -0.15) is 8.78 Å². The molecule has 2 N–H and O–H groups in total. The van der Waals surface area contributed by atoms with Crippen molar-refractivity contribution in [3.8, 4) is 0 Å². The fourth-order valence-electron chi connectivity index (χ4n) is 1.31. The average molecular weight is 265 g/mol. The van der Waals surface area contributed by atoms with E-state index in [2.05, 4.69) is 5.32 Å². The van der Waals surface area contributed by atoms with Crippen molar-refractivity contribution in [2.24, 2.45) is 0 Å². The van der Waals surface area contributed by atoms with Crippen LogP contribution in [0.3, 0.4) is 0 Å². The van der Waals surface area contributed by atoms with Crippen LogP contribution in [0.5, 0.6) is 0 Å². The Balaban J connectivity index is 2.17. The molecular formula is C11H17F2NO2S. The minimum atomic E-state index is -2.36. The number of furan rings is 1. The normalized spacial score (nSPS) is 11.3. The van der Waals surface area contributed by atoms with Crippen molar-refractivity contribution < 1.29 is 18.3 Å². The van der Waals surface area contributed by atoms with Crippen molar-refractivity contribution in [1.29, 1.82) is 0 Å². The molecule has 1 aromatic rings. The van der Waals surface area contributed by atoms with Gasteiger partial charge in [-0.15, -0.1) is 0 Å². The molecule has 0 aliphatic heterocycles. The van der Waals surface area contributed by atoms with E-state index in [-0.39, 0.29) is 12.4 Å². The lowest BCUT2D eigenvalue weighted by Gasteiger charge is -2.01. The standard InChI is InChI=1S/C11H17F2NO2S/c12-11(13)17-8-10-4-3-9(16-10)7-14-5-1-2-6-15/h3-4,11,14-15H,1-2,5-8H2. The Morgan fingerprint density at radius 1 is 1.29 bits per heavy atom. The first-order valence-corrected chi connectivity index (χ1v) is 6.56. The Labute approximate surface area is 104 Å². The summed E-state index contributed by atoms with van der Waals surface area (Å²) in [5.74, 6) is -0.844. The molecule has 0 fully saturated rings. The number of nitrogens with one attached hydrogen (secondary N) is 1. The summed E-state index contributed by atoms with van der Waals surface area (Å²) >= 11 is 0.557. The molecule has 1 rings (SSSR count). The fourth-order valence-corrected chi connectivity index (χ4v) is 1.76. The number of thioether (sulfide) groups is 1. The highest BCUT2D eigenvalue weighted by Crippen LogP contribution is 2.21. The smallest absolute Gasteiger partial charge is 0.284 e. The number of hydrogen-bond donors (Lipinski definition) is 2. The van der Waals surface area contributed by atoms with Crippen LogP contribution in [0.15, 0.2) is 16.5 Å². The summed E-state index contributed by atoms with van der Waals surface area (Å²) in [5.41, 5.74) is 0. The lowest BCUT2D eigenvalue weighted by atomic mass is 10.3. The number of unbranched alkanes of at least 4 members (excludes halogenated alkanes) is 1. The van der Waals surface area contributed by atoms with Crippen molar-refractivity contribution in [3.05, 3.63) is 23.7 Å². The van der Waals surface area contributed by atoms with Crippen LogP contribution in [0.4, 0.5) is 8.78 Å². The summed E-state index contributed by atoms with van der Waals surface area (Å²) in [6.07, 6.45) is 1.69. The van der Waals surface area contributed by atoms with E-state index in [1.54, 1.807) is 12.1 Å². The first-order chi connectivity index (χ1) is 8.22. The predicted molar refractivity (Wildman–Crippen MR) is 64.0 cm³/mol. The molecule has 0 amide bonds. The van der Waals surface area contributed by atoms with Crippen LogP contribution in [0.2, 0.25) is 0 Å². The van der Waals surface area contributed by atoms with Crippen LogP contribution in [0.25, 0.3) is 0 Å². The fraction of sp³-hybridized carbons (Fsp3) is 0.636. The Morgan fingerprint density at radius 2 is 2.06 bits per heavy atom. The molecular weight excluding hydrogens is 248 g/mol. The summed E-state index contributed by atoms with van der Waals surface area (Å²) in [5, 5.41) is 11.7. The lowest BCUT2D eigenvalue weighted by molar-refractivity contribution is 0.251. The predicted octanol–water partition coefficient (Wildman–Crippen LogP) is 2.60. The van der Waals surface area contributed by atoms with E-state index in [9.17, 15) is 8.78 Å². The molecule has 0 aliphatic carbocycles. The monoisotopic (exact) mass is 265 g/mol. The van der Waals surface area contributed by atoms with Gasteiger partial charge < -0.3 is 14.8 Å². The van der Waals surface area contributed by atoms with Gasteiger partial charge in [0.2, 0.25) is 0 Å². The second-order valence-electron chi connectivity index (χ2n) is 3.55. The summed E-state index contributed by atoms with van der Waals surface area (Å²) in [6.45, 7) is 1.60. The lowest BCUT2D eigenvalue weighted by Crippen LogP contribution is -2.14. The Kier molecular flexibility index (Phi) is 7.23. The minimum Gasteiger partial charge on any atom is -0.464 e. The van der Waals surface area contributed by atoms with Gasteiger partial charge in [0.05, 0.1) is 12.3 Å². The maximum Gasteiger partial charge on any atom is 0.284 e. The van der Waals surface area contributed by atoms with E-state index in [4.69, 9.17) is 9.52 Å². The van der Waals surface area contributed by atoms with Crippen molar-refractivity contribution in [1.82, 2.24) is 5.32 Å². The van der Waals surface area contributed by atoms with Crippen LogP contribution in [-0.4, -0.2) is 24.0 Å². The van der Waals surface area contributed by atoms with Crippen LogP contribution >= 0.6 is 11.8 Å². The Morgan fingerprint density at radius 3 is 2.76 bits per heavy atom. The third kappa shape index (κ3) is 6.65. The van der Waals surface area contributed by atoms with E-state index < -0.39 is 5.76 Å². The zero-order chi connectivity index (χ0) is 12.5. The molecule has 0 unspecified atom stereocenters. The van der Waals surface area contributed by atoms with Crippen molar-refractivity contribution in [3.63, 3.8) is 0 Å². The average Bonchev–Trinajstić information content (AvgIpc) is 2.74. The molecule has 98 valence electrons. The number of aliphatic hydroxyl groups excluding tert-OH is 1. The van der Waals surface area contributed by atoms with E-state index in [0.717, 1.165) is 25.1 Å². The molecule has 0 saturated carbocycles. The maximum atomic E-state index is 11.9. The number of hydrogen-bond acceptors (Lipinski definition) is 4. The third-order valence-corrected chi connectivity index (χ3v) is 2.83. The molecule has 17 heavy (non-hydrogen) atoms. The number of rotatable bonds is 9. The third-order valence-electron chi connectivity index (χ3n) is 2.13. The topological polar surface area (TPSA) is 45.4 Å². The highest BCUT2D eigenvalue weighted by Gasteiger charge is 2.06. The molecule has 0 bridgehead atoms. The molecule has 0 aliphatic rings. The van der Waals surface area contributed by atoms with Gasteiger partial charge in [0.1, 0.15) is 11.5 Å². The first kappa shape index (κ1) is 14.5. The molecule has 0 saturated heterocycles. The van der Waals surface area contributed by atoms with E-state index in [0.29, 0.717) is 24.1 Å². The van der Waals surface area contributed by atoms with Crippen LogP contribution in [0, 0.1) is 0 Å². The van der Waals surface area contributed by atoms with Gasteiger partial charge >= 0.3 is 0 Å². The SMILES string of the molecule is OCCCCNCc1ccc(CSC(F)F)o1. The summed E-state index contributed by atoms with van der Waals surface area (Å²) in [6, 6.07) is 3.51. The van der Waals surface area contributed by atoms with Crippen molar-refractivity contribution >= 4 is 11.8 Å². The number of alkyl halides is 2. The molecule has 3 nitrogen and oxygen atoms in total. The Hall–Kier alpha value is -0.590. The zero-order valence-electron chi connectivity index (χ0n) is 9.49. The quantitative estimate of drug-likeness (QED) is 0.674. The number of halogens is 2. The summed E-state index contributed by atoms with van der Waals surface area (Å²) in [4.78, 5) is 0. The molecule has 0 radical (unpaired) electrons. The van der Waals surface area contributed by atoms with Crippen molar-refractivity contribution in [2.45, 2.75) is 30.9 Å². The summed E-state index contributed by atoms with van der Waals surface area (Å²) < 4.78 is 29.2. The van der Waals surface area contributed by atoms with Crippen LogP contribution < -0.4 is 5.32 Å². The second kappa shape index (κ2) is 8.49. The van der Waals surface area contributed by atoms with E-state index in [1.165, 1.54) is 0 Å².